The summed E-state index contributed by atoms with van der Waals surface area (Å²) in [6, 6.07) is 8.46. The predicted octanol–water partition coefficient (Wildman–Crippen LogP) is -0.389. The van der Waals surface area contributed by atoms with Gasteiger partial charge in [-0.15, -0.1) is 0 Å². The van der Waals surface area contributed by atoms with Crippen LogP contribution >= 0.6 is 0 Å². The lowest BCUT2D eigenvalue weighted by Gasteiger charge is -2.37. The first kappa shape index (κ1) is 12.5. The largest absolute Gasteiger partial charge is 0.325 e. The SMILES string of the molecule is CN[C@H]1C(=O)NC(=O)N(Cc2ccccc2)C1N. The number of amides is 3. The van der Waals surface area contributed by atoms with Gasteiger partial charge in [-0.05, 0) is 12.6 Å². The normalized spacial score (nSPS) is 24.0. The van der Waals surface area contributed by atoms with Crippen LogP contribution in [-0.2, 0) is 11.3 Å². The summed E-state index contributed by atoms with van der Waals surface area (Å²) in [5, 5.41) is 5.10. The molecule has 1 aliphatic heterocycles. The average molecular weight is 248 g/mol. The first-order valence-corrected chi connectivity index (χ1v) is 5.71. The number of likely N-dealkylation sites (N-methyl/N-ethyl adjacent to an activating group) is 1. The molecule has 0 bridgehead atoms. The highest BCUT2D eigenvalue weighted by Crippen LogP contribution is 2.12. The van der Waals surface area contributed by atoms with E-state index in [0.29, 0.717) is 6.54 Å². The fourth-order valence-corrected chi connectivity index (χ4v) is 1.98. The Bertz CT molecular complexity index is 449. The molecule has 1 saturated heterocycles. The van der Waals surface area contributed by atoms with E-state index in [2.05, 4.69) is 10.6 Å². The zero-order valence-corrected chi connectivity index (χ0v) is 10.1. The number of nitrogens with zero attached hydrogens (tertiary/aromatic N) is 1. The highest BCUT2D eigenvalue weighted by molar-refractivity contribution is 6.00. The lowest BCUT2D eigenvalue weighted by molar-refractivity contribution is -0.125. The molecule has 0 radical (unpaired) electrons. The van der Waals surface area contributed by atoms with Gasteiger partial charge in [-0.3, -0.25) is 10.1 Å². The molecule has 6 nitrogen and oxygen atoms in total. The number of hydrogen-bond acceptors (Lipinski definition) is 4. The fraction of sp³-hybridized carbons (Fsp3) is 0.333. The van der Waals surface area contributed by atoms with Crippen molar-refractivity contribution in [3.8, 4) is 0 Å². The van der Waals surface area contributed by atoms with E-state index in [0.717, 1.165) is 5.56 Å². The van der Waals surface area contributed by atoms with E-state index in [-0.39, 0.29) is 5.91 Å². The second-order valence-electron chi connectivity index (χ2n) is 4.16. The Morgan fingerprint density at radius 1 is 1.33 bits per heavy atom. The van der Waals surface area contributed by atoms with E-state index in [1.54, 1.807) is 7.05 Å². The van der Waals surface area contributed by atoms with Gasteiger partial charge in [0, 0.05) is 6.54 Å². The number of nitrogens with two attached hydrogens (primary N) is 1. The van der Waals surface area contributed by atoms with E-state index < -0.39 is 18.2 Å². The molecule has 1 unspecified atom stereocenters. The van der Waals surface area contributed by atoms with E-state index >= 15 is 0 Å². The number of imide groups is 1. The van der Waals surface area contributed by atoms with Crippen molar-refractivity contribution >= 4 is 11.9 Å². The van der Waals surface area contributed by atoms with E-state index in [4.69, 9.17) is 5.73 Å². The van der Waals surface area contributed by atoms with Gasteiger partial charge in [-0.1, -0.05) is 30.3 Å². The first-order chi connectivity index (χ1) is 8.63. The minimum Gasteiger partial charge on any atom is -0.309 e. The second kappa shape index (κ2) is 5.16. The van der Waals surface area contributed by atoms with Crippen LogP contribution in [0.2, 0.25) is 0 Å². The Balaban J connectivity index is 2.16. The molecule has 0 aliphatic carbocycles. The van der Waals surface area contributed by atoms with Gasteiger partial charge in [-0.2, -0.15) is 0 Å². The molecule has 1 aromatic carbocycles. The molecular weight excluding hydrogens is 232 g/mol. The van der Waals surface area contributed by atoms with Gasteiger partial charge in [0.2, 0.25) is 5.91 Å². The highest BCUT2D eigenvalue weighted by atomic mass is 16.2. The van der Waals surface area contributed by atoms with Crippen molar-refractivity contribution in [2.45, 2.75) is 18.8 Å². The maximum atomic E-state index is 11.8. The third kappa shape index (κ3) is 2.34. The minimum absolute atomic E-state index is 0.374. The van der Waals surface area contributed by atoms with Crippen LogP contribution in [0.1, 0.15) is 5.56 Å². The van der Waals surface area contributed by atoms with Gasteiger partial charge in [0.1, 0.15) is 12.2 Å². The van der Waals surface area contributed by atoms with E-state index in [9.17, 15) is 9.59 Å². The minimum atomic E-state index is -0.670. The maximum Gasteiger partial charge on any atom is 0.325 e. The zero-order chi connectivity index (χ0) is 13.1. The molecule has 6 heteroatoms. The van der Waals surface area contributed by atoms with Crippen molar-refractivity contribution in [2.75, 3.05) is 7.05 Å². The Morgan fingerprint density at radius 2 is 2.00 bits per heavy atom. The van der Waals surface area contributed by atoms with Crippen LogP contribution in [0, 0.1) is 0 Å². The maximum absolute atomic E-state index is 11.8. The second-order valence-corrected chi connectivity index (χ2v) is 4.16. The van der Waals surface area contributed by atoms with Gasteiger partial charge in [0.25, 0.3) is 0 Å². The lowest BCUT2D eigenvalue weighted by atomic mass is 10.1. The quantitative estimate of drug-likeness (QED) is 0.680. The number of benzene rings is 1. The molecule has 3 amide bonds. The van der Waals surface area contributed by atoms with Crippen molar-refractivity contribution in [1.82, 2.24) is 15.5 Å². The van der Waals surface area contributed by atoms with Crippen LogP contribution in [0.5, 0.6) is 0 Å². The molecule has 1 aliphatic rings. The molecule has 1 fully saturated rings. The molecule has 96 valence electrons. The van der Waals surface area contributed by atoms with Gasteiger partial charge >= 0.3 is 6.03 Å². The summed E-state index contributed by atoms with van der Waals surface area (Å²) >= 11 is 0. The Morgan fingerprint density at radius 3 is 2.61 bits per heavy atom. The Labute approximate surface area is 105 Å². The molecule has 1 heterocycles. The van der Waals surface area contributed by atoms with Crippen LogP contribution in [0.25, 0.3) is 0 Å². The Hall–Kier alpha value is -1.92. The number of rotatable bonds is 3. The smallest absolute Gasteiger partial charge is 0.309 e. The van der Waals surface area contributed by atoms with Gasteiger partial charge in [0.05, 0.1) is 0 Å². The molecule has 1 aromatic rings. The van der Waals surface area contributed by atoms with Gasteiger partial charge < -0.3 is 16.0 Å². The van der Waals surface area contributed by atoms with Crippen LogP contribution in [0.4, 0.5) is 4.79 Å². The molecule has 18 heavy (non-hydrogen) atoms. The van der Waals surface area contributed by atoms with Crippen molar-refractivity contribution in [2.24, 2.45) is 5.73 Å². The van der Waals surface area contributed by atoms with Gasteiger partial charge in [-0.25, -0.2) is 4.79 Å². The Kier molecular flexibility index (Phi) is 3.59. The fourth-order valence-electron chi connectivity index (χ4n) is 1.98. The molecule has 0 saturated carbocycles. The van der Waals surface area contributed by atoms with E-state index in [1.165, 1.54) is 4.90 Å². The molecule has 4 N–H and O–H groups in total. The summed E-state index contributed by atoms with van der Waals surface area (Å²) in [6.45, 7) is 0.374. The summed E-state index contributed by atoms with van der Waals surface area (Å²) in [5.74, 6) is -0.390. The highest BCUT2D eigenvalue weighted by Gasteiger charge is 2.38. The number of hydrogen-bond donors (Lipinski definition) is 3. The van der Waals surface area contributed by atoms with Crippen molar-refractivity contribution in [1.29, 1.82) is 0 Å². The summed E-state index contributed by atoms with van der Waals surface area (Å²) in [6.07, 6.45) is -0.670. The van der Waals surface area contributed by atoms with Gasteiger partial charge in [0.15, 0.2) is 0 Å². The van der Waals surface area contributed by atoms with Crippen molar-refractivity contribution in [3.63, 3.8) is 0 Å². The summed E-state index contributed by atoms with van der Waals surface area (Å²) < 4.78 is 0. The number of urea groups is 1. The van der Waals surface area contributed by atoms with E-state index in [1.807, 2.05) is 30.3 Å². The van der Waals surface area contributed by atoms with Crippen LogP contribution < -0.4 is 16.4 Å². The molecule has 0 aromatic heterocycles. The summed E-state index contributed by atoms with van der Waals surface area (Å²) in [7, 11) is 1.64. The number of nitrogens with one attached hydrogen (secondary N) is 2. The number of carbonyl (C=O) groups is 2. The van der Waals surface area contributed by atoms with Crippen LogP contribution in [0.3, 0.4) is 0 Å². The van der Waals surface area contributed by atoms with Crippen LogP contribution in [-0.4, -0.2) is 36.1 Å². The van der Waals surface area contributed by atoms with Crippen molar-refractivity contribution < 1.29 is 9.59 Å². The summed E-state index contributed by atoms with van der Waals surface area (Å²) in [5.41, 5.74) is 6.91. The molecule has 2 rings (SSSR count). The third-order valence-corrected chi connectivity index (χ3v) is 2.98. The standard InChI is InChI=1S/C12H16N4O2/c1-14-9-10(13)16(12(18)15-11(9)17)7-8-5-3-2-4-6-8/h2-6,9-10,14H,7,13H2,1H3,(H,15,17,18)/t9-,10?/m1/s1. The van der Waals surface area contributed by atoms with Crippen LogP contribution in [0.15, 0.2) is 30.3 Å². The predicted molar refractivity (Wildman–Crippen MR) is 66.3 cm³/mol. The molecular formula is C12H16N4O2. The first-order valence-electron chi connectivity index (χ1n) is 5.71. The lowest BCUT2D eigenvalue weighted by Crippen LogP contribution is -2.69. The molecule has 2 atom stereocenters. The zero-order valence-electron chi connectivity index (χ0n) is 10.1. The molecule has 0 spiro atoms. The monoisotopic (exact) mass is 248 g/mol. The topological polar surface area (TPSA) is 87.5 Å². The van der Waals surface area contributed by atoms with Crippen molar-refractivity contribution in [3.05, 3.63) is 35.9 Å². The number of carbonyl (C=O) groups excluding carboxylic acids is 2. The average Bonchev–Trinajstić information content (AvgIpc) is 2.36. The third-order valence-electron chi connectivity index (χ3n) is 2.98. The summed E-state index contributed by atoms with van der Waals surface area (Å²) in [4.78, 5) is 24.8.